The first-order valence-electron chi connectivity index (χ1n) is 10.7. The third-order valence-electron chi connectivity index (χ3n) is 5.60. The summed E-state index contributed by atoms with van der Waals surface area (Å²) in [4.78, 5) is 16.5. The van der Waals surface area contributed by atoms with Gasteiger partial charge in [0.1, 0.15) is 15.9 Å². The summed E-state index contributed by atoms with van der Waals surface area (Å²) in [5.41, 5.74) is 2.52. The van der Waals surface area contributed by atoms with Crippen molar-refractivity contribution in [3.63, 3.8) is 0 Å². The molecule has 8 heteroatoms. The normalized spacial score (nSPS) is 15.5. The Hall–Kier alpha value is -1.88. The van der Waals surface area contributed by atoms with Gasteiger partial charge in [-0.2, -0.15) is 4.57 Å². The number of para-hydroxylation sites is 2. The number of aromatic nitrogens is 2. The molecule has 1 aliphatic rings. The van der Waals surface area contributed by atoms with Crippen molar-refractivity contribution in [2.45, 2.75) is 31.8 Å². The SMILES string of the molecule is CCn1c(=Cc2sc3ccccc3[n+]2CC)sc(=CC=C2Sc3ccccc3N2C)c1=O.[I-]. The summed E-state index contributed by atoms with van der Waals surface area (Å²) in [5, 5.41) is 2.30. The highest BCUT2D eigenvalue weighted by Gasteiger charge is 2.21. The Balaban J connectivity index is 0.00000259. The molecule has 4 nitrogen and oxygen atoms in total. The number of fused-ring (bicyclic) bond motifs is 2. The summed E-state index contributed by atoms with van der Waals surface area (Å²) >= 11 is 5.07. The molecule has 0 bridgehead atoms. The summed E-state index contributed by atoms with van der Waals surface area (Å²) in [6.07, 6.45) is 6.20. The second-order valence-corrected chi connectivity index (χ2v) is 10.6. The van der Waals surface area contributed by atoms with Crippen LogP contribution in [0.2, 0.25) is 0 Å². The number of benzene rings is 2. The number of aryl methyl sites for hydroxylation is 1. The highest BCUT2D eigenvalue weighted by Crippen LogP contribution is 2.44. The summed E-state index contributed by atoms with van der Waals surface area (Å²) in [7, 11) is 2.07. The van der Waals surface area contributed by atoms with Crippen molar-refractivity contribution in [2.24, 2.45) is 0 Å². The second kappa shape index (κ2) is 10.2. The summed E-state index contributed by atoms with van der Waals surface area (Å²) in [6.45, 7) is 5.75. The van der Waals surface area contributed by atoms with Crippen molar-refractivity contribution in [3.05, 3.63) is 84.2 Å². The molecule has 5 rings (SSSR count). The average Bonchev–Trinajstić information content (AvgIpc) is 3.43. The molecule has 0 amide bonds. The number of thiazole rings is 2. The molecule has 2 aromatic heterocycles. The smallest absolute Gasteiger partial charge is 0.269 e. The van der Waals surface area contributed by atoms with Gasteiger partial charge in [-0.3, -0.25) is 9.36 Å². The standard InChI is InChI=1S/C25H24N3OS3.HI/c1-4-27-18-11-7-9-13-20(18)31-23(27)16-24-28(5-2)25(29)21(32-24)14-15-22-26(3)17-10-6-8-12-19(17)30-22;/h6-16H,4-5H2,1-3H3;1H/q+1;/p-1. The van der Waals surface area contributed by atoms with Crippen molar-refractivity contribution in [1.82, 2.24) is 4.57 Å². The van der Waals surface area contributed by atoms with E-state index in [4.69, 9.17) is 0 Å². The van der Waals surface area contributed by atoms with Crippen LogP contribution in [0.15, 0.2) is 69.3 Å². The lowest BCUT2D eigenvalue weighted by atomic mass is 10.3. The number of allylic oxidation sites excluding steroid dienone is 1. The van der Waals surface area contributed by atoms with Gasteiger partial charge in [0.25, 0.3) is 10.6 Å². The number of halogens is 1. The van der Waals surface area contributed by atoms with Crippen LogP contribution in [-0.4, -0.2) is 11.6 Å². The fraction of sp³-hybridized carbons (Fsp3) is 0.200. The maximum atomic E-state index is 13.1. The van der Waals surface area contributed by atoms with E-state index in [1.54, 1.807) is 34.4 Å². The Morgan fingerprint density at radius 3 is 2.52 bits per heavy atom. The molecule has 0 unspecified atom stereocenters. The van der Waals surface area contributed by atoms with Gasteiger partial charge in [-0.1, -0.05) is 47.4 Å². The lowest BCUT2D eigenvalue weighted by molar-refractivity contribution is -0.665. The van der Waals surface area contributed by atoms with Gasteiger partial charge in [-0.25, -0.2) is 0 Å². The van der Waals surface area contributed by atoms with Crippen LogP contribution in [-0.2, 0) is 13.1 Å². The van der Waals surface area contributed by atoms with E-state index in [9.17, 15) is 4.79 Å². The molecule has 0 saturated carbocycles. The topological polar surface area (TPSA) is 29.1 Å². The zero-order valence-corrected chi connectivity index (χ0v) is 23.2. The summed E-state index contributed by atoms with van der Waals surface area (Å²) in [5.74, 6) is 0. The third kappa shape index (κ3) is 4.45. The maximum absolute atomic E-state index is 13.1. The number of thioether (sulfide) groups is 1. The number of nitrogens with zero attached hydrogens (tertiary/aromatic N) is 3. The molecule has 3 heterocycles. The van der Waals surface area contributed by atoms with E-state index in [-0.39, 0.29) is 29.5 Å². The first-order chi connectivity index (χ1) is 15.6. The van der Waals surface area contributed by atoms with Gasteiger partial charge < -0.3 is 28.9 Å². The van der Waals surface area contributed by atoms with E-state index >= 15 is 0 Å². The molecule has 0 radical (unpaired) electrons. The predicted octanol–water partition coefficient (Wildman–Crippen LogP) is 1.15. The molecule has 0 atom stereocenters. The molecule has 0 fully saturated rings. The Labute approximate surface area is 222 Å². The van der Waals surface area contributed by atoms with E-state index in [2.05, 4.69) is 84.1 Å². The van der Waals surface area contributed by atoms with E-state index in [1.165, 1.54) is 25.8 Å². The highest BCUT2D eigenvalue weighted by atomic mass is 127. The van der Waals surface area contributed by atoms with Gasteiger partial charge >= 0.3 is 0 Å². The molecule has 0 saturated heterocycles. The van der Waals surface area contributed by atoms with E-state index in [1.807, 2.05) is 17.6 Å². The zero-order chi connectivity index (χ0) is 22.2. The van der Waals surface area contributed by atoms with Gasteiger partial charge in [0.2, 0.25) is 5.52 Å². The number of hydrogen-bond acceptors (Lipinski definition) is 5. The molecule has 1 aliphatic heterocycles. The first kappa shape index (κ1) is 24.3. The monoisotopic (exact) mass is 605 g/mol. The Kier molecular flexibility index (Phi) is 7.47. The third-order valence-corrected chi connectivity index (χ3v) is 8.98. The van der Waals surface area contributed by atoms with Crippen molar-refractivity contribution in [1.29, 1.82) is 0 Å². The van der Waals surface area contributed by atoms with Crippen LogP contribution in [0.5, 0.6) is 0 Å². The lowest BCUT2D eigenvalue weighted by Gasteiger charge is -2.12. The van der Waals surface area contributed by atoms with Gasteiger partial charge in [-0.15, -0.1) is 11.3 Å². The van der Waals surface area contributed by atoms with Gasteiger partial charge in [0.05, 0.1) is 21.3 Å². The van der Waals surface area contributed by atoms with Crippen LogP contribution in [0.3, 0.4) is 0 Å². The summed E-state index contributed by atoms with van der Waals surface area (Å²) in [6, 6.07) is 16.8. The van der Waals surface area contributed by atoms with E-state index in [0.717, 1.165) is 20.8 Å². The quantitative estimate of drug-likeness (QED) is 0.259. The van der Waals surface area contributed by atoms with Crippen LogP contribution in [0.1, 0.15) is 18.9 Å². The number of anilines is 1. The molecule has 4 aromatic rings. The minimum Gasteiger partial charge on any atom is -1.00 e. The minimum absolute atomic E-state index is 0. The molecule has 2 aromatic carbocycles. The van der Waals surface area contributed by atoms with Crippen LogP contribution in [0.25, 0.3) is 22.4 Å². The van der Waals surface area contributed by atoms with Crippen LogP contribution >= 0.6 is 34.4 Å². The lowest BCUT2D eigenvalue weighted by Crippen LogP contribution is -3.00. The Morgan fingerprint density at radius 1 is 1.00 bits per heavy atom. The van der Waals surface area contributed by atoms with Crippen molar-refractivity contribution >= 4 is 62.5 Å². The number of rotatable bonds is 4. The molecule has 33 heavy (non-hydrogen) atoms. The van der Waals surface area contributed by atoms with Crippen LogP contribution in [0, 0.1) is 0 Å². The highest BCUT2D eigenvalue weighted by molar-refractivity contribution is 8.03. The van der Waals surface area contributed by atoms with Gasteiger partial charge in [0.15, 0.2) is 0 Å². The molecule has 170 valence electrons. The largest absolute Gasteiger partial charge is 1.00 e. The Bertz CT molecular complexity index is 1530. The van der Waals surface area contributed by atoms with E-state index in [0.29, 0.717) is 6.54 Å². The van der Waals surface area contributed by atoms with Crippen LogP contribution < -0.4 is 48.2 Å². The number of hydrogen-bond donors (Lipinski definition) is 0. The molecule has 0 spiro atoms. The fourth-order valence-corrected chi connectivity index (χ4v) is 7.30. The molecular formula is C25H24IN3OS3. The van der Waals surface area contributed by atoms with Crippen molar-refractivity contribution in [2.75, 3.05) is 11.9 Å². The average molecular weight is 606 g/mol. The first-order valence-corrected chi connectivity index (χ1v) is 13.1. The summed E-state index contributed by atoms with van der Waals surface area (Å²) < 4.78 is 7.21. The van der Waals surface area contributed by atoms with Gasteiger partial charge in [-0.05, 0) is 44.2 Å². The molecule has 0 N–H and O–H groups in total. The van der Waals surface area contributed by atoms with E-state index < -0.39 is 0 Å². The minimum atomic E-state index is 0. The Morgan fingerprint density at radius 2 is 1.76 bits per heavy atom. The van der Waals surface area contributed by atoms with Gasteiger partial charge in [0, 0.05) is 24.6 Å². The van der Waals surface area contributed by atoms with Crippen LogP contribution in [0.4, 0.5) is 5.69 Å². The zero-order valence-electron chi connectivity index (χ0n) is 18.6. The predicted molar refractivity (Wildman–Crippen MR) is 138 cm³/mol. The van der Waals surface area contributed by atoms with Crippen molar-refractivity contribution in [3.8, 4) is 0 Å². The second-order valence-electron chi connectivity index (χ2n) is 7.45. The maximum Gasteiger partial charge on any atom is 0.269 e. The molecular weight excluding hydrogens is 581 g/mol. The fourth-order valence-electron chi connectivity index (χ4n) is 3.96. The molecule has 0 aliphatic carbocycles. The van der Waals surface area contributed by atoms with Crippen molar-refractivity contribution < 1.29 is 28.5 Å².